The fourth-order valence-corrected chi connectivity index (χ4v) is 1.24. The zero-order valence-corrected chi connectivity index (χ0v) is 8.83. The summed E-state index contributed by atoms with van der Waals surface area (Å²) in [6.07, 6.45) is 3.21. The van der Waals surface area contributed by atoms with Gasteiger partial charge in [-0.1, -0.05) is 5.21 Å². The van der Waals surface area contributed by atoms with Gasteiger partial charge in [-0.15, -0.1) is 17.5 Å². The fourth-order valence-electron chi connectivity index (χ4n) is 1.24. The van der Waals surface area contributed by atoms with Crippen LogP contribution in [0.1, 0.15) is 0 Å². The lowest BCUT2D eigenvalue weighted by molar-refractivity contribution is 0.625. The molecule has 4 nitrogen and oxygen atoms in total. The van der Waals surface area contributed by atoms with Gasteiger partial charge in [0.1, 0.15) is 5.82 Å². The lowest BCUT2D eigenvalue weighted by Gasteiger charge is -2.07. The van der Waals surface area contributed by atoms with Crippen LogP contribution in [0.15, 0.2) is 30.6 Å². The van der Waals surface area contributed by atoms with E-state index in [9.17, 15) is 4.39 Å². The Morgan fingerprint density at radius 2 is 2.20 bits per heavy atom. The summed E-state index contributed by atoms with van der Waals surface area (Å²) in [5.74, 6) is -0.297. The molecule has 0 radical (unpaired) electrons. The summed E-state index contributed by atoms with van der Waals surface area (Å²) >= 11 is 0. The number of nitrogens with one attached hydrogen (secondary N) is 1. The average Bonchev–Trinajstić information content (AvgIpc) is 2.70. The van der Waals surface area contributed by atoms with E-state index in [0.29, 0.717) is 5.69 Å². The Balaban J connectivity index is 0.00000112. The molecule has 0 aliphatic rings. The third kappa shape index (κ3) is 2.24. The molecule has 1 N–H and O–H groups in total. The van der Waals surface area contributed by atoms with Crippen LogP contribution in [0.25, 0.3) is 5.69 Å². The summed E-state index contributed by atoms with van der Waals surface area (Å²) in [6, 6.07) is 4.46. The molecule has 6 heteroatoms. The van der Waals surface area contributed by atoms with Crippen LogP contribution in [0.5, 0.6) is 0 Å². The number of benzene rings is 1. The highest BCUT2D eigenvalue weighted by molar-refractivity contribution is 5.85. The fraction of sp³-hybridized carbons (Fsp3) is 0.111. The second-order valence-corrected chi connectivity index (χ2v) is 2.76. The molecule has 2 rings (SSSR count). The molecule has 0 atom stereocenters. The van der Waals surface area contributed by atoms with Gasteiger partial charge in [-0.25, -0.2) is 9.07 Å². The van der Waals surface area contributed by atoms with Crippen molar-refractivity contribution in [3.63, 3.8) is 0 Å². The highest BCUT2D eigenvalue weighted by Crippen LogP contribution is 2.19. The van der Waals surface area contributed by atoms with E-state index in [-0.39, 0.29) is 18.2 Å². The van der Waals surface area contributed by atoms with Crippen molar-refractivity contribution in [1.82, 2.24) is 15.0 Å². The Hall–Kier alpha value is -1.62. The van der Waals surface area contributed by atoms with Crippen LogP contribution in [0, 0.1) is 5.82 Å². The second kappa shape index (κ2) is 4.75. The van der Waals surface area contributed by atoms with Crippen molar-refractivity contribution in [1.29, 1.82) is 0 Å². The Morgan fingerprint density at radius 3 is 2.80 bits per heavy atom. The Morgan fingerprint density at radius 1 is 1.40 bits per heavy atom. The average molecular weight is 229 g/mol. The van der Waals surface area contributed by atoms with E-state index in [1.165, 1.54) is 16.8 Å². The first-order valence-corrected chi connectivity index (χ1v) is 4.15. The topological polar surface area (TPSA) is 42.7 Å². The van der Waals surface area contributed by atoms with E-state index in [1.54, 1.807) is 25.5 Å². The van der Waals surface area contributed by atoms with Crippen molar-refractivity contribution in [3.05, 3.63) is 36.4 Å². The third-order valence-corrected chi connectivity index (χ3v) is 1.90. The number of aromatic nitrogens is 3. The Bertz CT molecular complexity index is 430. The summed E-state index contributed by atoms with van der Waals surface area (Å²) < 4.78 is 14.5. The molecule has 15 heavy (non-hydrogen) atoms. The van der Waals surface area contributed by atoms with Crippen molar-refractivity contribution >= 4 is 18.1 Å². The molecule has 80 valence electrons. The molecule has 2 aromatic rings. The Kier molecular flexibility index (Phi) is 3.62. The van der Waals surface area contributed by atoms with Crippen molar-refractivity contribution in [2.75, 3.05) is 12.4 Å². The minimum atomic E-state index is -0.297. The van der Waals surface area contributed by atoms with Gasteiger partial charge < -0.3 is 5.32 Å². The smallest absolute Gasteiger partial charge is 0.125 e. The van der Waals surface area contributed by atoms with E-state index < -0.39 is 0 Å². The Labute approximate surface area is 92.5 Å². The van der Waals surface area contributed by atoms with Crippen LogP contribution in [0.3, 0.4) is 0 Å². The van der Waals surface area contributed by atoms with Crippen molar-refractivity contribution in [3.8, 4) is 5.69 Å². The maximum absolute atomic E-state index is 13.0. The number of nitrogens with zero attached hydrogens (tertiary/aromatic N) is 3. The number of hydrogen-bond acceptors (Lipinski definition) is 3. The van der Waals surface area contributed by atoms with Crippen molar-refractivity contribution in [2.45, 2.75) is 0 Å². The van der Waals surface area contributed by atoms with Crippen molar-refractivity contribution < 1.29 is 4.39 Å². The minimum absolute atomic E-state index is 0. The summed E-state index contributed by atoms with van der Waals surface area (Å²) in [5.41, 5.74) is 1.45. The normalized spacial score (nSPS) is 9.47. The number of anilines is 1. The zero-order chi connectivity index (χ0) is 9.97. The predicted molar refractivity (Wildman–Crippen MR) is 58.1 cm³/mol. The molecule has 0 spiro atoms. The van der Waals surface area contributed by atoms with Crippen LogP contribution >= 0.6 is 12.4 Å². The molecular weight excluding hydrogens is 219 g/mol. The molecule has 0 aliphatic carbocycles. The van der Waals surface area contributed by atoms with Crippen LogP contribution in [-0.4, -0.2) is 22.0 Å². The van der Waals surface area contributed by atoms with Crippen LogP contribution in [0.4, 0.5) is 10.1 Å². The SMILES string of the molecule is CNc1ccc(F)cc1-n1ccnn1.Cl. The van der Waals surface area contributed by atoms with E-state index in [2.05, 4.69) is 15.6 Å². The van der Waals surface area contributed by atoms with Crippen LogP contribution in [0.2, 0.25) is 0 Å². The molecule has 0 saturated heterocycles. The largest absolute Gasteiger partial charge is 0.386 e. The van der Waals surface area contributed by atoms with Gasteiger partial charge >= 0.3 is 0 Å². The predicted octanol–water partition coefficient (Wildman–Crippen LogP) is 1.87. The molecule has 1 heterocycles. The quantitative estimate of drug-likeness (QED) is 0.854. The maximum atomic E-state index is 13.0. The second-order valence-electron chi connectivity index (χ2n) is 2.76. The molecule has 0 saturated carbocycles. The van der Waals surface area contributed by atoms with E-state index in [4.69, 9.17) is 0 Å². The van der Waals surface area contributed by atoms with E-state index >= 15 is 0 Å². The zero-order valence-electron chi connectivity index (χ0n) is 8.01. The van der Waals surface area contributed by atoms with E-state index in [1.807, 2.05) is 0 Å². The lowest BCUT2D eigenvalue weighted by atomic mass is 10.2. The summed E-state index contributed by atoms with van der Waals surface area (Å²) in [5, 5.41) is 10.4. The lowest BCUT2D eigenvalue weighted by Crippen LogP contribution is -2.01. The highest BCUT2D eigenvalue weighted by Gasteiger charge is 2.04. The third-order valence-electron chi connectivity index (χ3n) is 1.90. The molecule has 1 aromatic carbocycles. The molecule has 0 aliphatic heterocycles. The first-order valence-electron chi connectivity index (χ1n) is 4.15. The van der Waals surface area contributed by atoms with Gasteiger partial charge in [0.2, 0.25) is 0 Å². The maximum Gasteiger partial charge on any atom is 0.125 e. The van der Waals surface area contributed by atoms with E-state index in [0.717, 1.165) is 5.69 Å². The molecule has 0 unspecified atom stereocenters. The van der Waals surface area contributed by atoms with Gasteiger partial charge in [0.25, 0.3) is 0 Å². The van der Waals surface area contributed by atoms with Gasteiger partial charge in [0.05, 0.1) is 23.8 Å². The summed E-state index contributed by atoms with van der Waals surface area (Å²) in [4.78, 5) is 0. The molecular formula is C9H10ClFN4. The molecule has 1 aromatic heterocycles. The molecule has 0 amide bonds. The first-order chi connectivity index (χ1) is 6.81. The monoisotopic (exact) mass is 228 g/mol. The standard InChI is InChI=1S/C9H9FN4.ClH/c1-11-8-3-2-7(10)6-9(8)14-5-4-12-13-14;/h2-6,11H,1H3;1H. The van der Waals surface area contributed by atoms with Gasteiger partial charge in [-0.2, -0.15) is 0 Å². The highest BCUT2D eigenvalue weighted by atomic mass is 35.5. The molecule has 0 fully saturated rings. The van der Waals surface area contributed by atoms with Gasteiger partial charge in [-0.05, 0) is 12.1 Å². The summed E-state index contributed by atoms with van der Waals surface area (Å²) in [6.45, 7) is 0. The van der Waals surface area contributed by atoms with Crippen LogP contribution in [-0.2, 0) is 0 Å². The van der Waals surface area contributed by atoms with Crippen LogP contribution < -0.4 is 5.32 Å². The van der Waals surface area contributed by atoms with Gasteiger partial charge in [0, 0.05) is 13.1 Å². The van der Waals surface area contributed by atoms with Gasteiger partial charge in [0.15, 0.2) is 0 Å². The van der Waals surface area contributed by atoms with Gasteiger partial charge in [-0.3, -0.25) is 0 Å². The van der Waals surface area contributed by atoms with Crippen molar-refractivity contribution in [2.24, 2.45) is 0 Å². The first kappa shape index (κ1) is 11.5. The summed E-state index contributed by atoms with van der Waals surface area (Å²) in [7, 11) is 1.77. The number of halogens is 2. The minimum Gasteiger partial charge on any atom is -0.386 e. The number of rotatable bonds is 2. The molecule has 0 bridgehead atoms. The number of hydrogen-bond donors (Lipinski definition) is 1.